The molecule has 0 atom stereocenters. The number of nitrogens with zero attached hydrogens (tertiary/aromatic N) is 1. The van der Waals surface area contributed by atoms with Crippen molar-refractivity contribution in [3.63, 3.8) is 0 Å². The van der Waals surface area contributed by atoms with Gasteiger partial charge in [0.1, 0.15) is 11.6 Å². The molecule has 16 heavy (non-hydrogen) atoms. The number of benzene rings is 1. The second kappa shape index (κ2) is 4.10. The Kier molecular flexibility index (Phi) is 2.79. The fraction of sp³-hybridized carbons (Fsp3) is 0.0833. The number of aryl methyl sites for hydroxylation is 1. The van der Waals surface area contributed by atoms with Gasteiger partial charge in [-0.2, -0.15) is 0 Å². The molecule has 1 aromatic heterocycles. The summed E-state index contributed by atoms with van der Waals surface area (Å²) in [5.41, 5.74) is 7.60. The van der Waals surface area contributed by atoms with E-state index in [0.717, 1.165) is 5.56 Å². The Hall–Kier alpha value is -1.61. The number of rotatable bonds is 1. The van der Waals surface area contributed by atoms with Crippen molar-refractivity contribution < 1.29 is 4.39 Å². The SMILES string of the molecule is Cc1cc(-c2ccc(Cl)cc2F)cnc1N. The Bertz CT molecular complexity index is 541. The molecule has 4 heteroatoms. The summed E-state index contributed by atoms with van der Waals surface area (Å²) in [5.74, 6) is 0.0941. The molecule has 2 rings (SSSR count). The molecule has 0 saturated heterocycles. The van der Waals surface area contributed by atoms with Crippen molar-refractivity contribution in [1.82, 2.24) is 4.98 Å². The summed E-state index contributed by atoms with van der Waals surface area (Å²) in [4.78, 5) is 4.00. The van der Waals surface area contributed by atoms with Crippen molar-refractivity contribution in [3.05, 3.63) is 46.9 Å². The topological polar surface area (TPSA) is 38.9 Å². The van der Waals surface area contributed by atoms with Crippen LogP contribution in [0.3, 0.4) is 0 Å². The van der Waals surface area contributed by atoms with Gasteiger partial charge in [0.05, 0.1) is 0 Å². The van der Waals surface area contributed by atoms with Gasteiger partial charge in [-0.1, -0.05) is 11.6 Å². The minimum absolute atomic E-state index is 0.363. The second-order valence-corrected chi connectivity index (χ2v) is 3.99. The van der Waals surface area contributed by atoms with Crippen LogP contribution in [0.5, 0.6) is 0 Å². The molecule has 2 nitrogen and oxygen atoms in total. The lowest BCUT2D eigenvalue weighted by molar-refractivity contribution is 0.631. The van der Waals surface area contributed by atoms with Crippen molar-refractivity contribution in [3.8, 4) is 11.1 Å². The van der Waals surface area contributed by atoms with Crippen molar-refractivity contribution in [2.45, 2.75) is 6.92 Å². The highest BCUT2D eigenvalue weighted by atomic mass is 35.5. The third-order valence-electron chi connectivity index (χ3n) is 2.36. The van der Waals surface area contributed by atoms with Crippen LogP contribution in [0, 0.1) is 12.7 Å². The molecule has 2 N–H and O–H groups in total. The van der Waals surface area contributed by atoms with Crippen LogP contribution in [-0.4, -0.2) is 4.98 Å². The average Bonchev–Trinajstić information content (AvgIpc) is 2.22. The van der Waals surface area contributed by atoms with Crippen molar-refractivity contribution in [2.75, 3.05) is 5.73 Å². The maximum absolute atomic E-state index is 13.6. The molecule has 0 amide bonds. The van der Waals surface area contributed by atoms with Gasteiger partial charge in [0.2, 0.25) is 0 Å². The maximum atomic E-state index is 13.6. The van der Waals surface area contributed by atoms with Crippen molar-refractivity contribution in [2.24, 2.45) is 0 Å². The van der Waals surface area contributed by atoms with E-state index in [1.807, 2.05) is 6.92 Å². The van der Waals surface area contributed by atoms with Gasteiger partial charge in [-0.05, 0) is 36.8 Å². The van der Waals surface area contributed by atoms with E-state index in [4.69, 9.17) is 17.3 Å². The molecule has 82 valence electrons. The normalized spacial score (nSPS) is 10.4. The molecule has 0 aliphatic rings. The maximum Gasteiger partial charge on any atom is 0.132 e. The van der Waals surface area contributed by atoms with Crippen LogP contribution in [0.25, 0.3) is 11.1 Å². The number of hydrogen-bond acceptors (Lipinski definition) is 2. The van der Waals surface area contributed by atoms with Gasteiger partial charge in [-0.3, -0.25) is 0 Å². The minimum Gasteiger partial charge on any atom is -0.383 e. The van der Waals surface area contributed by atoms with Crippen LogP contribution >= 0.6 is 11.6 Å². The molecule has 0 saturated carbocycles. The number of aromatic nitrogens is 1. The zero-order chi connectivity index (χ0) is 11.7. The number of nitrogen functional groups attached to an aromatic ring is 1. The summed E-state index contributed by atoms with van der Waals surface area (Å²) in [6.45, 7) is 1.83. The number of halogens is 2. The Morgan fingerprint density at radius 2 is 2.06 bits per heavy atom. The van der Waals surface area contributed by atoms with E-state index in [1.165, 1.54) is 6.07 Å². The smallest absolute Gasteiger partial charge is 0.132 e. The van der Waals surface area contributed by atoms with E-state index in [9.17, 15) is 4.39 Å². The Morgan fingerprint density at radius 3 is 2.69 bits per heavy atom. The summed E-state index contributed by atoms with van der Waals surface area (Å²) in [6.07, 6.45) is 1.55. The van der Waals surface area contributed by atoms with E-state index in [2.05, 4.69) is 4.98 Å². The molecular formula is C12H10ClFN2. The van der Waals surface area contributed by atoms with Gasteiger partial charge >= 0.3 is 0 Å². The number of pyridine rings is 1. The van der Waals surface area contributed by atoms with Crippen LogP contribution in [0.2, 0.25) is 5.02 Å². The molecule has 1 heterocycles. The molecule has 0 unspecified atom stereocenters. The van der Waals surface area contributed by atoms with E-state index >= 15 is 0 Å². The van der Waals surface area contributed by atoms with Gasteiger partial charge in [0.25, 0.3) is 0 Å². The lowest BCUT2D eigenvalue weighted by Gasteiger charge is -2.06. The summed E-state index contributed by atoms with van der Waals surface area (Å²) in [6, 6.07) is 6.35. The Morgan fingerprint density at radius 1 is 1.31 bits per heavy atom. The quantitative estimate of drug-likeness (QED) is 0.824. The highest BCUT2D eigenvalue weighted by Crippen LogP contribution is 2.26. The van der Waals surface area contributed by atoms with Crippen LogP contribution in [-0.2, 0) is 0 Å². The van der Waals surface area contributed by atoms with E-state index < -0.39 is 0 Å². The first-order chi connectivity index (χ1) is 7.58. The Balaban J connectivity index is 2.54. The molecule has 0 bridgehead atoms. The second-order valence-electron chi connectivity index (χ2n) is 3.55. The largest absolute Gasteiger partial charge is 0.383 e. The molecule has 0 radical (unpaired) electrons. The molecule has 0 fully saturated rings. The van der Waals surface area contributed by atoms with Gasteiger partial charge in [-0.25, -0.2) is 9.37 Å². The fourth-order valence-corrected chi connectivity index (χ4v) is 1.62. The van der Waals surface area contributed by atoms with Crippen molar-refractivity contribution in [1.29, 1.82) is 0 Å². The molecule has 0 spiro atoms. The summed E-state index contributed by atoms with van der Waals surface area (Å²) in [7, 11) is 0. The van der Waals surface area contributed by atoms with Crippen LogP contribution in [0.1, 0.15) is 5.56 Å². The first-order valence-electron chi connectivity index (χ1n) is 4.75. The number of hydrogen-bond donors (Lipinski definition) is 1. The first kappa shape index (κ1) is 10.9. The van der Waals surface area contributed by atoms with Crippen LogP contribution < -0.4 is 5.73 Å². The molecule has 1 aromatic carbocycles. The number of nitrogens with two attached hydrogens (primary N) is 1. The first-order valence-corrected chi connectivity index (χ1v) is 5.13. The lowest BCUT2D eigenvalue weighted by atomic mass is 10.1. The minimum atomic E-state index is -0.363. The lowest BCUT2D eigenvalue weighted by Crippen LogP contribution is -1.94. The highest BCUT2D eigenvalue weighted by Gasteiger charge is 2.07. The average molecular weight is 237 g/mol. The van der Waals surface area contributed by atoms with Crippen LogP contribution in [0.4, 0.5) is 10.2 Å². The zero-order valence-electron chi connectivity index (χ0n) is 8.67. The van der Waals surface area contributed by atoms with Crippen molar-refractivity contribution >= 4 is 17.4 Å². The summed E-state index contributed by atoms with van der Waals surface area (Å²) < 4.78 is 13.6. The zero-order valence-corrected chi connectivity index (χ0v) is 9.42. The fourth-order valence-electron chi connectivity index (χ4n) is 1.46. The molecule has 0 aliphatic carbocycles. The van der Waals surface area contributed by atoms with Gasteiger partial charge in [0, 0.05) is 22.3 Å². The predicted octanol–water partition coefficient (Wildman–Crippen LogP) is 3.43. The van der Waals surface area contributed by atoms with Gasteiger partial charge < -0.3 is 5.73 Å². The third kappa shape index (κ3) is 1.99. The van der Waals surface area contributed by atoms with E-state index in [-0.39, 0.29) is 5.82 Å². The van der Waals surface area contributed by atoms with E-state index in [1.54, 1.807) is 24.4 Å². The third-order valence-corrected chi connectivity index (χ3v) is 2.60. The predicted molar refractivity (Wildman–Crippen MR) is 63.8 cm³/mol. The number of anilines is 1. The summed E-state index contributed by atoms with van der Waals surface area (Å²) >= 11 is 5.69. The highest BCUT2D eigenvalue weighted by molar-refractivity contribution is 6.30. The monoisotopic (exact) mass is 236 g/mol. The van der Waals surface area contributed by atoms with Gasteiger partial charge in [-0.15, -0.1) is 0 Å². The molecular weight excluding hydrogens is 227 g/mol. The van der Waals surface area contributed by atoms with Gasteiger partial charge in [0.15, 0.2) is 0 Å². The summed E-state index contributed by atoms with van der Waals surface area (Å²) in [5, 5.41) is 0.376. The Labute approximate surface area is 97.9 Å². The standard InChI is InChI=1S/C12H10ClFN2/c1-7-4-8(6-16-12(7)15)10-3-2-9(13)5-11(10)14/h2-6H,1H3,(H2,15,16). The molecule has 2 aromatic rings. The molecule has 0 aliphatic heterocycles. The van der Waals surface area contributed by atoms with E-state index in [0.29, 0.717) is 22.0 Å². The van der Waals surface area contributed by atoms with Crippen LogP contribution in [0.15, 0.2) is 30.5 Å².